The Balaban J connectivity index is 1.77. The summed E-state index contributed by atoms with van der Waals surface area (Å²) in [6.45, 7) is 4.73. The lowest BCUT2D eigenvalue weighted by molar-refractivity contribution is 0.1000. The highest BCUT2D eigenvalue weighted by Crippen LogP contribution is 2.34. The highest BCUT2D eigenvalue weighted by Gasteiger charge is 2.21. The fourth-order valence-corrected chi connectivity index (χ4v) is 4.16. The Hall–Kier alpha value is -3.98. The Labute approximate surface area is 204 Å². The number of rotatable bonds is 9. The van der Waals surface area contributed by atoms with E-state index in [9.17, 15) is 4.79 Å². The molecule has 182 valence electrons. The number of ether oxygens (including phenoxy) is 1. The average Bonchev–Trinajstić information content (AvgIpc) is 3.19. The van der Waals surface area contributed by atoms with Crippen LogP contribution in [0.5, 0.6) is 5.75 Å². The van der Waals surface area contributed by atoms with Gasteiger partial charge in [-0.15, -0.1) is 5.10 Å². The number of aryl methyl sites for hydroxylation is 2. The molecular weight excluding hydrogens is 442 g/mol. The van der Waals surface area contributed by atoms with Gasteiger partial charge in [0, 0.05) is 26.1 Å². The van der Waals surface area contributed by atoms with Crippen LogP contribution in [0.25, 0.3) is 16.6 Å². The highest BCUT2D eigenvalue weighted by atomic mass is 16.5. The van der Waals surface area contributed by atoms with E-state index in [4.69, 9.17) is 15.6 Å². The summed E-state index contributed by atoms with van der Waals surface area (Å²) in [6, 6.07) is 15.1. The van der Waals surface area contributed by atoms with E-state index < -0.39 is 5.91 Å². The second-order valence-corrected chi connectivity index (χ2v) is 8.68. The zero-order valence-corrected chi connectivity index (χ0v) is 20.7. The largest absolute Gasteiger partial charge is 0.483 e. The quantitative estimate of drug-likeness (QED) is 0.384. The summed E-state index contributed by atoms with van der Waals surface area (Å²) in [4.78, 5) is 13.4. The molecule has 0 saturated carbocycles. The molecule has 1 atom stereocenters. The van der Waals surface area contributed by atoms with E-state index in [-0.39, 0.29) is 6.10 Å². The predicted octanol–water partition coefficient (Wildman–Crippen LogP) is 3.33. The number of carbonyl (C=O) groups is 1. The number of hydrogen-bond donors (Lipinski definition) is 2. The summed E-state index contributed by atoms with van der Waals surface area (Å²) in [5, 5.41) is 17.8. The maximum absolute atomic E-state index is 11.5. The SMILES string of the molecule is CNCCC(Oc1ccccc1-n1nc2c(N(C)C)nnc(C)c2c1C)c1ccc(C(N)=O)cc1. The van der Waals surface area contributed by atoms with Crippen LogP contribution in [0, 0.1) is 13.8 Å². The van der Waals surface area contributed by atoms with Crippen molar-refractivity contribution >= 4 is 22.6 Å². The van der Waals surface area contributed by atoms with Crippen molar-refractivity contribution in [2.45, 2.75) is 26.4 Å². The maximum atomic E-state index is 11.5. The van der Waals surface area contributed by atoms with Crippen molar-refractivity contribution in [3.05, 3.63) is 71.0 Å². The summed E-state index contributed by atoms with van der Waals surface area (Å²) in [7, 11) is 5.77. The molecule has 2 aromatic heterocycles. The number of anilines is 1. The minimum absolute atomic E-state index is 0.238. The molecule has 4 rings (SSSR count). The second kappa shape index (κ2) is 10.1. The van der Waals surface area contributed by atoms with Crippen molar-refractivity contribution in [2.24, 2.45) is 5.73 Å². The molecule has 0 bridgehead atoms. The van der Waals surface area contributed by atoms with Crippen LogP contribution in [0.1, 0.15) is 39.8 Å². The minimum atomic E-state index is -0.452. The van der Waals surface area contributed by atoms with Crippen molar-refractivity contribution in [1.29, 1.82) is 0 Å². The van der Waals surface area contributed by atoms with Crippen LogP contribution in [0.15, 0.2) is 48.5 Å². The molecule has 0 spiro atoms. The molecule has 4 aromatic rings. The Morgan fingerprint density at radius 3 is 2.49 bits per heavy atom. The van der Waals surface area contributed by atoms with Crippen LogP contribution in [0.4, 0.5) is 5.82 Å². The fourth-order valence-electron chi connectivity index (χ4n) is 4.16. The second-order valence-electron chi connectivity index (χ2n) is 8.68. The number of carbonyl (C=O) groups excluding carboxylic acids is 1. The molecule has 0 fully saturated rings. The molecule has 0 radical (unpaired) electrons. The van der Waals surface area contributed by atoms with Gasteiger partial charge in [0.2, 0.25) is 5.91 Å². The van der Waals surface area contributed by atoms with Crippen molar-refractivity contribution < 1.29 is 9.53 Å². The van der Waals surface area contributed by atoms with Gasteiger partial charge in [-0.05, 0) is 57.3 Å². The Kier molecular flexibility index (Phi) is 6.97. The third-order valence-electron chi connectivity index (χ3n) is 5.99. The molecule has 2 aromatic carbocycles. The Morgan fingerprint density at radius 2 is 1.83 bits per heavy atom. The molecule has 0 aliphatic carbocycles. The number of hydrogen-bond acceptors (Lipinski definition) is 7. The number of amides is 1. The number of aromatic nitrogens is 4. The van der Waals surface area contributed by atoms with E-state index in [1.54, 1.807) is 12.1 Å². The minimum Gasteiger partial charge on any atom is -0.483 e. The number of nitrogens with two attached hydrogens (primary N) is 1. The van der Waals surface area contributed by atoms with Gasteiger partial charge in [0.1, 0.15) is 23.1 Å². The summed E-state index contributed by atoms with van der Waals surface area (Å²) in [5.41, 5.74) is 10.3. The van der Waals surface area contributed by atoms with Crippen LogP contribution in [0.3, 0.4) is 0 Å². The van der Waals surface area contributed by atoms with Gasteiger partial charge in [0.05, 0.1) is 16.8 Å². The standard InChI is InChI=1S/C26H31N7O2/c1-16-23-17(2)33(31-24(23)26(30-29-16)32(4)5)20-8-6-7-9-22(20)35-21(14-15-28-3)18-10-12-19(13-11-18)25(27)34/h6-13,21,28H,14-15H2,1-5H3,(H2,27,34). The zero-order valence-electron chi connectivity index (χ0n) is 20.7. The van der Waals surface area contributed by atoms with E-state index in [0.29, 0.717) is 17.1 Å². The lowest BCUT2D eigenvalue weighted by Crippen LogP contribution is -2.17. The molecule has 3 N–H and O–H groups in total. The monoisotopic (exact) mass is 473 g/mol. The smallest absolute Gasteiger partial charge is 0.248 e. The summed E-state index contributed by atoms with van der Waals surface area (Å²) in [5.74, 6) is 0.966. The maximum Gasteiger partial charge on any atom is 0.248 e. The summed E-state index contributed by atoms with van der Waals surface area (Å²) in [6.07, 6.45) is 0.497. The van der Waals surface area contributed by atoms with Gasteiger partial charge in [0.25, 0.3) is 0 Å². The molecule has 9 heteroatoms. The van der Waals surface area contributed by atoms with Crippen molar-refractivity contribution in [1.82, 2.24) is 25.3 Å². The van der Waals surface area contributed by atoms with Gasteiger partial charge in [-0.2, -0.15) is 10.2 Å². The first-order valence-corrected chi connectivity index (χ1v) is 11.5. The Morgan fingerprint density at radius 1 is 1.11 bits per heavy atom. The molecular formula is C26H31N7O2. The van der Waals surface area contributed by atoms with Crippen LogP contribution >= 0.6 is 0 Å². The number of nitrogens with zero attached hydrogens (tertiary/aromatic N) is 5. The van der Waals surface area contributed by atoms with Gasteiger partial charge in [-0.25, -0.2) is 4.68 Å². The molecule has 0 saturated heterocycles. The van der Waals surface area contributed by atoms with Gasteiger partial charge in [-0.3, -0.25) is 4.79 Å². The fraction of sp³-hybridized carbons (Fsp3) is 0.308. The summed E-state index contributed by atoms with van der Waals surface area (Å²) >= 11 is 0. The first-order valence-electron chi connectivity index (χ1n) is 11.5. The molecule has 0 aliphatic heterocycles. The topological polar surface area (TPSA) is 111 Å². The number of nitrogens with one attached hydrogen (secondary N) is 1. The molecule has 1 unspecified atom stereocenters. The normalized spacial score (nSPS) is 12.0. The van der Waals surface area contributed by atoms with Gasteiger partial charge >= 0.3 is 0 Å². The van der Waals surface area contributed by atoms with Crippen molar-refractivity contribution in [3.8, 4) is 11.4 Å². The Bertz CT molecular complexity index is 1350. The molecule has 2 heterocycles. The number of para-hydroxylation sites is 2. The molecule has 35 heavy (non-hydrogen) atoms. The third kappa shape index (κ3) is 4.81. The van der Waals surface area contributed by atoms with E-state index in [1.807, 2.05) is 81.0 Å². The van der Waals surface area contributed by atoms with E-state index in [1.165, 1.54) is 0 Å². The van der Waals surface area contributed by atoms with E-state index in [0.717, 1.165) is 46.5 Å². The van der Waals surface area contributed by atoms with Crippen molar-refractivity contribution in [2.75, 3.05) is 32.6 Å². The third-order valence-corrected chi connectivity index (χ3v) is 5.99. The molecule has 1 amide bonds. The first-order chi connectivity index (χ1) is 16.8. The van der Waals surface area contributed by atoms with Crippen LogP contribution in [-0.2, 0) is 0 Å². The number of fused-ring (bicyclic) bond motifs is 1. The van der Waals surface area contributed by atoms with Gasteiger partial charge < -0.3 is 20.7 Å². The lowest BCUT2D eigenvalue weighted by atomic mass is 10.0. The van der Waals surface area contributed by atoms with Gasteiger partial charge in [0.15, 0.2) is 5.82 Å². The van der Waals surface area contributed by atoms with Crippen LogP contribution < -0.4 is 20.7 Å². The van der Waals surface area contributed by atoms with E-state index >= 15 is 0 Å². The lowest BCUT2D eigenvalue weighted by Gasteiger charge is -2.22. The number of benzene rings is 2. The first kappa shape index (κ1) is 24.2. The van der Waals surface area contributed by atoms with Crippen LogP contribution in [-0.4, -0.2) is 53.6 Å². The van der Waals surface area contributed by atoms with E-state index in [2.05, 4.69) is 15.5 Å². The molecule has 9 nitrogen and oxygen atoms in total. The van der Waals surface area contributed by atoms with Crippen LogP contribution in [0.2, 0.25) is 0 Å². The average molecular weight is 474 g/mol. The van der Waals surface area contributed by atoms with Crippen molar-refractivity contribution in [3.63, 3.8) is 0 Å². The number of primary amides is 1. The van der Waals surface area contributed by atoms with Gasteiger partial charge in [-0.1, -0.05) is 24.3 Å². The zero-order chi connectivity index (χ0) is 25.1. The highest BCUT2D eigenvalue weighted by molar-refractivity contribution is 5.93. The summed E-state index contributed by atoms with van der Waals surface area (Å²) < 4.78 is 8.49. The predicted molar refractivity (Wildman–Crippen MR) is 137 cm³/mol. The molecule has 0 aliphatic rings.